The van der Waals surface area contributed by atoms with Gasteiger partial charge in [-0.3, -0.25) is 0 Å². The summed E-state index contributed by atoms with van der Waals surface area (Å²) in [5, 5.41) is 8.52. The molecule has 4 rings (SSSR count). The summed E-state index contributed by atoms with van der Waals surface area (Å²) in [4.78, 5) is 8.19. The van der Waals surface area contributed by atoms with Crippen molar-refractivity contribution in [2.75, 3.05) is 0 Å². The zero-order valence-corrected chi connectivity index (χ0v) is 13.9. The predicted octanol–water partition coefficient (Wildman–Crippen LogP) is 4.39. The van der Waals surface area contributed by atoms with Gasteiger partial charge in [-0.15, -0.1) is 5.10 Å². The fraction of sp³-hybridized carbons (Fsp3) is 0.684. The highest BCUT2D eigenvalue weighted by Gasteiger charge is 2.34. The first-order valence-corrected chi connectivity index (χ1v) is 9.39. The topological polar surface area (TPSA) is 39.9 Å². The second-order valence-corrected chi connectivity index (χ2v) is 7.32. The van der Waals surface area contributed by atoms with E-state index in [0.717, 1.165) is 11.0 Å². The summed E-state index contributed by atoms with van der Waals surface area (Å²) in [5.41, 5.74) is 1.91. The van der Waals surface area contributed by atoms with Crippen LogP contribution < -0.4 is 4.84 Å². The van der Waals surface area contributed by atoms with Crippen molar-refractivity contribution in [3.63, 3.8) is 0 Å². The molecule has 2 aliphatic carbocycles. The van der Waals surface area contributed by atoms with Gasteiger partial charge in [0.1, 0.15) is 17.1 Å². The van der Waals surface area contributed by atoms with Crippen LogP contribution in [0.25, 0.3) is 11.0 Å². The van der Waals surface area contributed by atoms with Crippen molar-refractivity contribution >= 4 is 11.0 Å². The third kappa shape index (κ3) is 3.22. The van der Waals surface area contributed by atoms with Crippen molar-refractivity contribution in [3.05, 3.63) is 24.3 Å². The summed E-state index contributed by atoms with van der Waals surface area (Å²) < 4.78 is 0. The molecule has 0 saturated heterocycles. The van der Waals surface area contributed by atoms with Crippen molar-refractivity contribution in [1.82, 2.24) is 15.2 Å². The van der Waals surface area contributed by atoms with Crippen molar-refractivity contribution in [2.24, 2.45) is 11.8 Å². The normalized spacial score (nSPS) is 21.1. The maximum absolute atomic E-state index is 6.49. The van der Waals surface area contributed by atoms with Gasteiger partial charge in [-0.25, -0.2) is 0 Å². The molecule has 0 radical (unpaired) electrons. The van der Waals surface area contributed by atoms with Gasteiger partial charge in [0.25, 0.3) is 0 Å². The minimum absolute atomic E-state index is 0.306. The average Bonchev–Trinajstić information content (AvgIpc) is 3.04. The summed E-state index contributed by atoms with van der Waals surface area (Å²) in [6, 6.07) is 8.08. The van der Waals surface area contributed by atoms with E-state index in [4.69, 9.17) is 4.84 Å². The molecule has 0 bridgehead atoms. The third-order valence-corrected chi connectivity index (χ3v) is 5.77. The van der Waals surface area contributed by atoms with Gasteiger partial charge >= 0.3 is 0 Å². The molecule has 2 saturated carbocycles. The molecule has 23 heavy (non-hydrogen) atoms. The summed E-state index contributed by atoms with van der Waals surface area (Å²) in [6.45, 7) is 0. The molecule has 0 atom stereocenters. The Morgan fingerprint density at radius 3 is 2.13 bits per heavy atom. The van der Waals surface area contributed by atoms with E-state index < -0.39 is 0 Å². The number of rotatable bonds is 4. The number of aromatic nitrogens is 3. The first-order chi connectivity index (χ1) is 11.4. The van der Waals surface area contributed by atoms with E-state index in [1.54, 1.807) is 4.85 Å². The minimum Gasteiger partial charge on any atom is -0.391 e. The minimum atomic E-state index is 0.306. The van der Waals surface area contributed by atoms with Crippen LogP contribution in [0, 0.1) is 11.8 Å². The van der Waals surface area contributed by atoms with Crippen molar-refractivity contribution in [1.29, 1.82) is 0 Å². The molecule has 2 aromatic rings. The van der Waals surface area contributed by atoms with E-state index >= 15 is 0 Å². The Hall–Kier alpha value is -1.58. The lowest BCUT2D eigenvalue weighted by molar-refractivity contribution is -0.0641. The average molecular weight is 313 g/mol. The van der Waals surface area contributed by atoms with Crippen LogP contribution in [0.1, 0.15) is 64.2 Å². The highest BCUT2D eigenvalue weighted by molar-refractivity contribution is 5.73. The first-order valence-electron chi connectivity index (χ1n) is 9.39. The molecule has 0 spiro atoms. The molecule has 2 fully saturated rings. The Bertz CT molecular complexity index is 608. The first kappa shape index (κ1) is 15.0. The summed E-state index contributed by atoms with van der Waals surface area (Å²) >= 11 is 0. The SMILES string of the molecule is c1ccc2c(c1)nnn2OC(C1CCCCC1)C1CCCCC1. The van der Waals surface area contributed by atoms with E-state index in [-0.39, 0.29) is 0 Å². The molecular weight excluding hydrogens is 286 g/mol. The number of benzene rings is 1. The van der Waals surface area contributed by atoms with Gasteiger partial charge < -0.3 is 4.84 Å². The number of hydrogen-bond donors (Lipinski definition) is 0. The molecule has 0 N–H and O–H groups in total. The molecule has 124 valence electrons. The quantitative estimate of drug-likeness (QED) is 0.840. The monoisotopic (exact) mass is 313 g/mol. The van der Waals surface area contributed by atoms with E-state index in [1.165, 1.54) is 64.2 Å². The Balaban J connectivity index is 1.58. The van der Waals surface area contributed by atoms with Gasteiger partial charge in [0.2, 0.25) is 0 Å². The lowest BCUT2D eigenvalue weighted by atomic mass is 9.75. The zero-order valence-electron chi connectivity index (χ0n) is 13.9. The molecule has 0 aliphatic heterocycles. The van der Waals surface area contributed by atoms with E-state index in [9.17, 15) is 0 Å². The second kappa shape index (κ2) is 6.90. The van der Waals surface area contributed by atoms with Crippen LogP contribution >= 0.6 is 0 Å². The highest BCUT2D eigenvalue weighted by Crippen LogP contribution is 2.36. The zero-order chi connectivity index (χ0) is 15.5. The molecule has 4 nitrogen and oxygen atoms in total. The highest BCUT2D eigenvalue weighted by atomic mass is 16.7. The molecule has 0 amide bonds. The molecular formula is C19H27N3O. The maximum Gasteiger partial charge on any atom is 0.133 e. The summed E-state index contributed by atoms with van der Waals surface area (Å²) in [5.74, 6) is 1.38. The molecule has 4 heteroatoms. The van der Waals surface area contributed by atoms with Crippen LogP contribution in [-0.2, 0) is 0 Å². The van der Waals surface area contributed by atoms with Gasteiger partial charge in [0, 0.05) is 0 Å². The van der Waals surface area contributed by atoms with E-state index in [2.05, 4.69) is 10.3 Å². The fourth-order valence-electron chi connectivity index (χ4n) is 4.52. The van der Waals surface area contributed by atoms with E-state index in [1.807, 2.05) is 24.3 Å². The van der Waals surface area contributed by atoms with Gasteiger partial charge in [-0.2, -0.15) is 0 Å². The Labute approximate surface area is 138 Å². The molecule has 0 unspecified atom stereocenters. The van der Waals surface area contributed by atoms with Crippen LogP contribution in [0.3, 0.4) is 0 Å². The van der Waals surface area contributed by atoms with Gasteiger partial charge in [-0.1, -0.05) is 55.5 Å². The number of para-hydroxylation sites is 1. The van der Waals surface area contributed by atoms with Crippen LogP contribution in [0.4, 0.5) is 0 Å². The Morgan fingerprint density at radius 2 is 1.48 bits per heavy atom. The van der Waals surface area contributed by atoms with Crippen LogP contribution in [0.5, 0.6) is 0 Å². The van der Waals surface area contributed by atoms with Gasteiger partial charge in [-0.05, 0) is 54.9 Å². The smallest absolute Gasteiger partial charge is 0.133 e. The van der Waals surface area contributed by atoms with Crippen LogP contribution in [0.2, 0.25) is 0 Å². The standard InChI is InChI=1S/C19H27N3O/c1-3-9-15(10-4-1)19(16-11-5-2-6-12-16)23-22-18-14-8-7-13-17(18)20-21-22/h7-8,13-16,19H,1-6,9-12H2. The van der Waals surface area contributed by atoms with Gasteiger partial charge in [0.15, 0.2) is 0 Å². The van der Waals surface area contributed by atoms with Crippen molar-refractivity contribution < 1.29 is 4.84 Å². The predicted molar refractivity (Wildman–Crippen MR) is 91.0 cm³/mol. The molecule has 1 aromatic heterocycles. The molecule has 1 heterocycles. The van der Waals surface area contributed by atoms with Crippen LogP contribution in [-0.4, -0.2) is 21.3 Å². The number of fused-ring (bicyclic) bond motifs is 1. The fourth-order valence-corrected chi connectivity index (χ4v) is 4.52. The largest absolute Gasteiger partial charge is 0.391 e. The van der Waals surface area contributed by atoms with Crippen molar-refractivity contribution in [3.8, 4) is 0 Å². The Morgan fingerprint density at radius 1 is 0.870 bits per heavy atom. The summed E-state index contributed by atoms with van der Waals surface area (Å²) in [6.07, 6.45) is 13.8. The number of hydrogen-bond acceptors (Lipinski definition) is 3. The van der Waals surface area contributed by atoms with Crippen LogP contribution in [0.15, 0.2) is 24.3 Å². The third-order valence-electron chi connectivity index (χ3n) is 5.77. The summed E-state index contributed by atoms with van der Waals surface area (Å²) in [7, 11) is 0. The lowest BCUT2D eigenvalue weighted by Gasteiger charge is -2.36. The van der Waals surface area contributed by atoms with Gasteiger partial charge in [0.05, 0.1) is 0 Å². The molecule has 2 aliphatic rings. The Kier molecular flexibility index (Phi) is 4.49. The van der Waals surface area contributed by atoms with E-state index in [0.29, 0.717) is 17.9 Å². The number of nitrogens with zero attached hydrogens (tertiary/aromatic N) is 3. The second-order valence-electron chi connectivity index (χ2n) is 7.32. The maximum atomic E-state index is 6.49. The lowest BCUT2D eigenvalue weighted by Crippen LogP contribution is -2.41. The van der Waals surface area contributed by atoms with Crippen molar-refractivity contribution in [2.45, 2.75) is 70.3 Å². The molecule has 1 aromatic carbocycles.